The number of nitrogens with zero attached hydrogens (tertiary/aromatic N) is 2. The third-order valence-corrected chi connectivity index (χ3v) is 5.86. The SMILES string of the molecule is Cc1ccccc1CNC(=O)Nc1ccc(O)c([N+](=O)[O-])c1.O=C(NCc1ccccc1)Nc1ccc(O)c([N+](=O)[O-])c1. The minimum Gasteiger partial charge on any atom is -0.502 e. The number of phenolic OH excluding ortho intramolecular Hbond substituents is 2. The molecule has 14 heteroatoms. The van der Waals surface area contributed by atoms with E-state index in [1.807, 2.05) is 61.5 Å². The van der Waals surface area contributed by atoms with E-state index in [0.29, 0.717) is 13.1 Å². The number of nitro groups is 2. The molecule has 4 aromatic rings. The molecule has 0 aliphatic rings. The fraction of sp³-hybridized carbons (Fsp3) is 0.103. The first-order valence-electron chi connectivity index (χ1n) is 12.7. The van der Waals surface area contributed by atoms with Crippen molar-refractivity contribution in [2.75, 3.05) is 10.6 Å². The highest BCUT2D eigenvalue weighted by molar-refractivity contribution is 5.90. The summed E-state index contributed by atoms with van der Waals surface area (Å²) >= 11 is 0. The summed E-state index contributed by atoms with van der Waals surface area (Å²) < 4.78 is 0. The van der Waals surface area contributed by atoms with Crippen molar-refractivity contribution in [1.82, 2.24) is 10.6 Å². The topological polar surface area (TPSA) is 209 Å². The summed E-state index contributed by atoms with van der Waals surface area (Å²) in [5, 5.41) is 50.3. The van der Waals surface area contributed by atoms with Crippen LogP contribution in [0.2, 0.25) is 0 Å². The van der Waals surface area contributed by atoms with Crippen LogP contribution in [-0.4, -0.2) is 32.1 Å². The van der Waals surface area contributed by atoms with Gasteiger partial charge < -0.3 is 31.5 Å². The van der Waals surface area contributed by atoms with Gasteiger partial charge in [0.15, 0.2) is 11.5 Å². The predicted octanol–water partition coefficient (Wildman–Crippen LogP) is 5.55. The van der Waals surface area contributed by atoms with E-state index in [-0.39, 0.29) is 11.4 Å². The van der Waals surface area contributed by atoms with Gasteiger partial charge in [0.05, 0.1) is 9.85 Å². The maximum Gasteiger partial charge on any atom is 0.319 e. The highest BCUT2D eigenvalue weighted by Gasteiger charge is 2.15. The van der Waals surface area contributed by atoms with Crippen molar-refractivity contribution in [3.05, 3.63) is 128 Å². The monoisotopic (exact) mass is 588 g/mol. The lowest BCUT2D eigenvalue weighted by Crippen LogP contribution is -2.28. The number of amides is 4. The van der Waals surface area contributed by atoms with Gasteiger partial charge in [0.2, 0.25) is 0 Å². The maximum absolute atomic E-state index is 11.8. The van der Waals surface area contributed by atoms with Gasteiger partial charge in [-0.1, -0.05) is 54.6 Å². The Bertz CT molecular complexity index is 1610. The lowest BCUT2D eigenvalue weighted by atomic mass is 10.1. The third kappa shape index (κ3) is 9.75. The number of anilines is 2. The molecule has 0 heterocycles. The van der Waals surface area contributed by atoms with Crippen molar-refractivity contribution in [2.24, 2.45) is 0 Å². The van der Waals surface area contributed by atoms with E-state index in [9.17, 15) is 40.0 Å². The summed E-state index contributed by atoms with van der Waals surface area (Å²) in [7, 11) is 0. The van der Waals surface area contributed by atoms with Crippen LogP contribution < -0.4 is 21.3 Å². The number of nitrogens with one attached hydrogen (secondary N) is 4. The minimum atomic E-state index is -0.720. The molecule has 0 spiro atoms. The molecule has 4 rings (SSSR count). The van der Waals surface area contributed by atoms with Crippen LogP contribution in [0.5, 0.6) is 11.5 Å². The van der Waals surface area contributed by atoms with Gasteiger partial charge in [-0.05, 0) is 47.9 Å². The summed E-state index contributed by atoms with van der Waals surface area (Å²) in [6.07, 6.45) is 0. The number of benzene rings is 4. The Morgan fingerprint density at radius 2 is 1.14 bits per heavy atom. The molecule has 6 N–H and O–H groups in total. The van der Waals surface area contributed by atoms with E-state index in [2.05, 4.69) is 21.3 Å². The second kappa shape index (κ2) is 15.0. The van der Waals surface area contributed by atoms with Gasteiger partial charge in [-0.15, -0.1) is 0 Å². The zero-order valence-electron chi connectivity index (χ0n) is 22.8. The molecule has 0 radical (unpaired) electrons. The van der Waals surface area contributed by atoms with Crippen molar-refractivity contribution in [1.29, 1.82) is 0 Å². The Hall–Kier alpha value is -6.18. The molecule has 0 aliphatic heterocycles. The Morgan fingerprint density at radius 1 is 0.674 bits per heavy atom. The summed E-state index contributed by atoms with van der Waals surface area (Å²) in [5.74, 6) is -0.897. The van der Waals surface area contributed by atoms with Crippen LogP contribution in [0.3, 0.4) is 0 Å². The number of carbonyl (C=O) groups excluding carboxylic acids is 2. The van der Waals surface area contributed by atoms with Crippen molar-refractivity contribution in [2.45, 2.75) is 20.0 Å². The van der Waals surface area contributed by atoms with Crippen molar-refractivity contribution < 1.29 is 29.6 Å². The molecule has 0 fully saturated rings. The fourth-order valence-corrected chi connectivity index (χ4v) is 3.61. The summed E-state index contributed by atoms with van der Waals surface area (Å²) in [6, 6.07) is 23.3. The Labute approximate surface area is 245 Å². The zero-order valence-corrected chi connectivity index (χ0v) is 22.8. The molecule has 0 aromatic heterocycles. The Balaban J connectivity index is 0.000000236. The van der Waals surface area contributed by atoms with Crippen molar-refractivity contribution in [3.63, 3.8) is 0 Å². The first-order chi connectivity index (χ1) is 20.5. The van der Waals surface area contributed by atoms with E-state index in [4.69, 9.17) is 0 Å². The normalized spacial score (nSPS) is 9.98. The third-order valence-electron chi connectivity index (χ3n) is 5.86. The molecular weight excluding hydrogens is 560 g/mol. The molecule has 0 saturated carbocycles. The number of aromatic hydroxyl groups is 2. The lowest BCUT2D eigenvalue weighted by Gasteiger charge is -2.09. The summed E-state index contributed by atoms with van der Waals surface area (Å²) in [4.78, 5) is 43.5. The maximum atomic E-state index is 11.8. The molecule has 0 atom stereocenters. The first kappa shape index (κ1) is 31.3. The molecule has 14 nitrogen and oxygen atoms in total. The van der Waals surface area contributed by atoms with Crippen LogP contribution in [0.1, 0.15) is 16.7 Å². The standard InChI is InChI=1S/C15H15N3O4.C14H13N3O4/c1-10-4-2-3-5-11(10)9-16-15(20)17-12-6-7-14(19)13(8-12)18(21)22;18-13-7-6-11(8-12(13)17(20)21)16-14(19)15-9-10-4-2-1-3-5-10/h2-8,19H,9H2,1H3,(H2,16,17,20);1-8,18H,9H2,(H2,15,16,19). The molecule has 0 bridgehead atoms. The van der Waals surface area contributed by atoms with Gasteiger partial charge in [0.1, 0.15) is 0 Å². The first-order valence-corrected chi connectivity index (χ1v) is 12.7. The number of aryl methyl sites for hydroxylation is 1. The minimum absolute atomic E-state index is 0.227. The Morgan fingerprint density at radius 3 is 1.63 bits per heavy atom. The molecule has 4 amide bonds. The van der Waals surface area contributed by atoms with Gasteiger partial charge in [-0.25, -0.2) is 9.59 Å². The van der Waals surface area contributed by atoms with Crippen LogP contribution in [0, 0.1) is 27.2 Å². The number of hydrogen-bond donors (Lipinski definition) is 6. The van der Waals surface area contributed by atoms with Crippen molar-refractivity contribution >= 4 is 34.8 Å². The number of nitro benzene ring substituents is 2. The van der Waals surface area contributed by atoms with Crippen LogP contribution in [-0.2, 0) is 13.1 Å². The summed E-state index contributed by atoms with van der Waals surface area (Å²) in [6.45, 7) is 2.63. The molecule has 4 aromatic carbocycles. The van der Waals surface area contributed by atoms with Gasteiger partial charge in [0.25, 0.3) is 0 Å². The van der Waals surface area contributed by atoms with Crippen LogP contribution in [0.15, 0.2) is 91.0 Å². The zero-order chi connectivity index (χ0) is 31.4. The highest BCUT2D eigenvalue weighted by Crippen LogP contribution is 2.29. The fourth-order valence-electron chi connectivity index (χ4n) is 3.61. The number of rotatable bonds is 8. The van der Waals surface area contributed by atoms with Gasteiger partial charge in [-0.3, -0.25) is 20.2 Å². The molecule has 0 aliphatic carbocycles. The van der Waals surface area contributed by atoms with E-state index < -0.39 is 44.8 Å². The molecule has 222 valence electrons. The Kier molecular flexibility index (Phi) is 10.9. The number of hydrogen-bond acceptors (Lipinski definition) is 8. The molecule has 0 unspecified atom stereocenters. The second-order valence-corrected chi connectivity index (χ2v) is 8.95. The largest absolute Gasteiger partial charge is 0.502 e. The second-order valence-electron chi connectivity index (χ2n) is 8.95. The molecule has 43 heavy (non-hydrogen) atoms. The van der Waals surface area contributed by atoms with Gasteiger partial charge in [0, 0.05) is 36.6 Å². The molecular formula is C29H28N6O8. The van der Waals surface area contributed by atoms with Crippen LogP contribution in [0.4, 0.5) is 32.3 Å². The van der Waals surface area contributed by atoms with Gasteiger partial charge in [-0.2, -0.15) is 0 Å². The molecule has 0 saturated heterocycles. The smallest absolute Gasteiger partial charge is 0.319 e. The van der Waals surface area contributed by atoms with Crippen molar-refractivity contribution in [3.8, 4) is 11.5 Å². The van der Waals surface area contributed by atoms with E-state index in [0.717, 1.165) is 41.0 Å². The highest BCUT2D eigenvalue weighted by atomic mass is 16.6. The number of urea groups is 2. The number of carbonyl (C=O) groups is 2. The number of phenols is 2. The summed E-state index contributed by atoms with van der Waals surface area (Å²) in [5.41, 5.74) is 2.51. The average molecular weight is 589 g/mol. The quantitative estimate of drug-likeness (QED) is 0.0870. The lowest BCUT2D eigenvalue weighted by molar-refractivity contribution is -0.385. The van der Waals surface area contributed by atoms with Gasteiger partial charge >= 0.3 is 23.4 Å². The van der Waals surface area contributed by atoms with E-state index in [1.165, 1.54) is 12.1 Å². The van der Waals surface area contributed by atoms with Crippen LogP contribution >= 0.6 is 0 Å². The predicted molar refractivity (Wildman–Crippen MR) is 159 cm³/mol. The van der Waals surface area contributed by atoms with Crippen LogP contribution in [0.25, 0.3) is 0 Å². The average Bonchev–Trinajstić information content (AvgIpc) is 2.98. The van der Waals surface area contributed by atoms with E-state index >= 15 is 0 Å². The van der Waals surface area contributed by atoms with E-state index in [1.54, 1.807) is 0 Å².